The van der Waals surface area contributed by atoms with Gasteiger partial charge in [0.2, 0.25) is 10.0 Å². The molecule has 0 radical (unpaired) electrons. The second kappa shape index (κ2) is 10.2. The molecule has 164 valence electrons. The molecule has 0 bridgehead atoms. The van der Waals surface area contributed by atoms with Crippen molar-refractivity contribution in [1.29, 1.82) is 0 Å². The van der Waals surface area contributed by atoms with E-state index in [0.717, 1.165) is 37.6 Å². The fraction of sp³-hybridized carbons (Fsp3) is 0.429. The maximum Gasteiger partial charge on any atom is 0.211 e. The second-order valence-corrected chi connectivity index (χ2v) is 9.32. The number of rotatable bonds is 3. The minimum atomic E-state index is -3.09. The highest BCUT2D eigenvalue weighted by atomic mass is 32.2. The Bertz CT molecular complexity index is 894. The van der Waals surface area contributed by atoms with Crippen LogP contribution in [0.15, 0.2) is 48.5 Å². The predicted octanol–water partition coefficient (Wildman–Crippen LogP) is 2.14. The van der Waals surface area contributed by atoms with E-state index >= 15 is 0 Å². The lowest BCUT2D eigenvalue weighted by molar-refractivity contribution is 0.388. The molecule has 2 heterocycles. The molecule has 0 amide bonds. The average Bonchev–Trinajstić information content (AvgIpc) is 2.75. The molecule has 0 spiro atoms. The van der Waals surface area contributed by atoms with Crippen LogP contribution < -0.4 is 15.1 Å². The van der Waals surface area contributed by atoms with Crippen LogP contribution in [0.4, 0.5) is 20.2 Å². The summed E-state index contributed by atoms with van der Waals surface area (Å²) >= 11 is 0. The summed E-state index contributed by atoms with van der Waals surface area (Å²) in [6.45, 7) is 6.27. The third kappa shape index (κ3) is 6.38. The van der Waals surface area contributed by atoms with Crippen LogP contribution in [0.3, 0.4) is 0 Å². The normalized spacial score (nSPS) is 18.0. The van der Waals surface area contributed by atoms with Crippen LogP contribution in [0.1, 0.15) is 0 Å². The highest BCUT2D eigenvalue weighted by molar-refractivity contribution is 7.88. The van der Waals surface area contributed by atoms with Crippen LogP contribution in [0.2, 0.25) is 0 Å². The Balaban J connectivity index is 0.000000177. The topological polar surface area (TPSA) is 55.9 Å². The van der Waals surface area contributed by atoms with Crippen molar-refractivity contribution in [2.24, 2.45) is 0 Å². The molecule has 0 atom stereocenters. The molecule has 2 aromatic carbocycles. The Hall–Kier alpha value is -2.23. The smallest absolute Gasteiger partial charge is 0.211 e. The molecule has 9 heteroatoms. The lowest BCUT2D eigenvalue weighted by Crippen LogP contribution is -2.48. The van der Waals surface area contributed by atoms with Gasteiger partial charge >= 0.3 is 0 Å². The fourth-order valence-electron chi connectivity index (χ4n) is 3.50. The van der Waals surface area contributed by atoms with E-state index in [1.807, 2.05) is 12.1 Å². The van der Waals surface area contributed by atoms with Crippen molar-refractivity contribution < 1.29 is 17.2 Å². The average molecular weight is 439 g/mol. The van der Waals surface area contributed by atoms with Crippen LogP contribution in [-0.2, 0) is 10.0 Å². The van der Waals surface area contributed by atoms with Gasteiger partial charge in [0.05, 0.1) is 6.26 Å². The minimum Gasteiger partial charge on any atom is -0.369 e. The summed E-state index contributed by atoms with van der Waals surface area (Å²) in [6.07, 6.45) is 1.22. The van der Waals surface area contributed by atoms with Gasteiger partial charge in [-0.1, -0.05) is 0 Å². The number of sulfonamides is 1. The molecule has 0 aliphatic carbocycles. The van der Waals surface area contributed by atoms with Crippen LogP contribution in [0.25, 0.3) is 0 Å². The van der Waals surface area contributed by atoms with E-state index in [9.17, 15) is 17.2 Å². The highest BCUT2D eigenvalue weighted by Crippen LogP contribution is 2.18. The molecule has 2 aliphatic heterocycles. The first kappa shape index (κ1) is 22.5. The maximum absolute atomic E-state index is 12.8. The van der Waals surface area contributed by atoms with E-state index in [1.165, 1.54) is 34.8 Å². The van der Waals surface area contributed by atoms with Crippen molar-refractivity contribution in [1.82, 2.24) is 9.62 Å². The van der Waals surface area contributed by atoms with Crippen LogP contribution in [-0.4, -0.2) is 71.3 Å². The number of halogens is 2. The molecule has 6 nitrogen and oxygen atoms in total. The van der Waals surface area contributed by atoms with Gasteiger partial charge in [0.15, 0.2) is 0 Å². The predicted molar refractivity (Wildman–Crippen MR) is 117 cm³/mol. The molecule has 2 fully saturated rings. The number of hydrogen-bond donors (Lipinski definition) is 1. The SMILES string of the molecule is CS(=O)(=O)N1CCN(c2ccc(F)cc2)CC1.Fc1ccc(N2CCNCC2)cc1. The number of nitrogens with zero attached hydrogens (tertiary/aromatic N) is 3. The van der Waals surface area contributed by atoms with Crippen LogP contribution >= 0.6 is 0 Å². The number of benzene rings is 2. The molecule has 2 saturated heterocycles. The maximum atomic E-state index is 12.8. The number of piperazine rings is 2. The largest absolute Gasteiger partial charge is 0.369 e. The van der Waals surface area contributed by atoms with Crippen LogP contribution in [0.5, 0.6) is 0 Å². The van der Waals surface area contributed by atoms with E-state index in [0.29, 0.717) is 26.2 Å². The Kier molecular flexibility index (Phi) is 7.63. The first-order valence-electron chi connectivity index (χ1n) is 10.00. The molecule has 2 aromatic rings. The number of hydrogen-bond acceptors (Lipinski definition) is 5. The highest BCUT2D eigenvalue weighted by Gasteiger charge is 2.23. The van der Waals surface area contributed by atoms with E-state index in [1.54, 1.807) is 12.1 Å². The van der Waals surface area contributed by atoms with Crippen molar-refractivity contribution in [3.05, 3.63) is 60.2 Å². The van der Waals surface area contributed by atoms with Gasteiger partial charge in [-0.05, 0) is 48.5 Å². The first-order chi connectivity index (χ1) is 14.3. The summed E-state index contributed by atoms with van der Waals surface area (Å²) in [7, 11) is -3.09. The quantitative estimate of drug-likeness (QED) is 0.796. The summed E-state index contributed by atoms with van der Waals surface area (Å²) in [5.74, 6) is -0.428. The third-order valence-electron chi connectivity index (χ3n) is 5.21. The molecule has 2 aliphatic rings. The monoisotopic (exact) mass is 438 g/mol. The standard InChI is InChI=1S/C11H15FN2O2S.C10H13FN2/c1-17(15,16)14-8-6-13(7-9-14)11-4-2-10(12)3-5-11;11-9-1-3-10(4-2-9)13-7-5-12-6-8-13/h2-5H,6-9H2,1H3;1-4,12H,5-8H2. The molecule has 4 rings (SSSR count). The lowest BCUT2D eigenvalue weighted by Gasteiger charge is -2.34. The summed E-state index contributed by atoms with van der Waals surface area (Å²) in [6, 6.07) is 12.9. The van der Waals surface area contributed by atoms with E-state index < -0.39 is 10.0 Å². The molecule has 1 N–H and O–H groups in total. The van der Waals surface area contributed by atoms with Crippen molar-refractivity contribution in [2.75, 3.05) is 68.4 Å². The van der Waals surface area contributed by atoms with E-state index in [4.69, 9.17) is 0 Å². The minimum absolute atomic E-state index is 0.168. The van der Waals surface area contributed by atoms with Crippen molar-refractivity contribution in [2.45, 2.75) is 0 Å². The van der Waals surface area contributed by atoms with Gasteiger partial charge in [-0.2, -0.15) is 4.31 Å². The molecule has 0 aromatic heterocycles. The fourth-order valence-corrected chi connectivity index (χ4v) is 4.33. The summed E-state index contributed by atoms with van der Waals surface area (Å²) in [5, 5.41) is 3.28. The van der Waals surface area contributed by atoms with Gasteiger partial charge in [0, 0.05) is 63.7 Å². The first-order valence-corrected chi connectivity index (χ1v) is 11.8. The molecular weight excluding hydrogens is 410 g/mol. The van der Waals surface area contributed by atoms with Crippen molar-refractivity contribution >= 4 is 21.4 Å². The van der Waals surface area contributed by atoms with E-state index in [2.05, 4.69) is 15.1 Å². The Labute approximate surface area is 177 Å². The number of nitrogens with one attached hydrogen (secondary N) is 1. The summed E-state index contributed by atoms with van der Waals surface area (Å²) < 4.78 is 49.5. The van der Waals surface area contributed by atoms with Gasteiger partial charge in [-0.3, -0.25) is 0 Å². The number of anilines is 2. The second-order valence-electron chi connectivity index (χ2n) is 7.34. The summed E-state index contributed by atoms with van der Waals surface area (Å²) in [5.41, 5.74) is 2.04. The Morgan fingerprint density at radius 1 is 0.700 bits per heavy atom. The zero-order valence-electron chi connectivity index (χ0n) is 17.1. The van der Waals surface area contributed by atoms with Gasteiger partial charge < -0.3 is 15.1 Å². The van der Waals surface area contributed by atoms with Gasteiger partial charge in [-0.15, -0.1) is 0 Å². The molecule has 0 unspecified atom stereocenters. The van der Waals surface area contributed by atoms with Gasteiger partial charge in [0.25, 0.3) is 0 Å². The van der Waals surface area contributed by atoms with Gasteiger partial charge in [0.1, 0.15) is 11.6 Å². The zero-order valence-corrected chi connectivity index (χ0v) is 17.9. The molecule has 30 heavy (non-hydrogen) atoms. The lowest BCUT2D eigenvalue weighted by atomic mass is 10.2. The Morgan fingerprint density at radius 2 is 1.10 bits per heavy atom. The molecular formula is C21H28F2N4O2S. The van der Waals surface area contributed by atoms with Crippen molar-refractivity contribution in [3.63, 3.8) is 0 Å². The third-order valence-corrected chi connectivity index (χ3v) is 6.51. The van der Waals surface area contributed by atoms with E-state index in [-0.39, 0.29) is 11.6 Å². The van der Waals surface area contributed by atoms with Crippen LogP contribution in [0, 0.1) is 11.6 Å². The Morgan fingerprint density at radius 3 is 1.50 bits per heavy atom. The van der Waals surface area contributed by atoms with Crippen molar-refractivity contribution in [3.8, 4) is 0 Å². The van der Waals surface area contributed by atoms with Gasteiger partial charge in [-0.25, -0.2) is 17.2 Å². The summed E-state index contributed by atoms with van der Waals surface area (Å²) in [4.78, 5) is 4.32. The molecule has 0 saturated carbocycles. The zero-order chi connectivity index (χ0) is 21.6.